The summed E-state index contributed by atoms with van der Waals surface area (Å²) in [5, 5.41) is 0. The highest BCUT2D eigenvalue weighted by atomic mass is 19.2. The van der Waals surface area contributed by atoms with Gasteiger partial charge < -0.3 is 0 Å². The van der Waals surface area contributed by atoms with Crippen LogP contribution >= 0.6 is 0 Å². The van der Waals surface area contributed by atoms with Crippen molar-refractivity contribution in [2.24, 2.45) is 0 Å². The second-order valence-electron chi connectivity index (χ2n) is 4.19. The van der Waals surface area contributed by atoms with Crippen LogP contribution in [0.2, 0.25) is 0 Å². The SMILES string of the molecule is C=Cc1c(F)c(F)c(-c2c(F)c(F)c(F)c(F)c2F)c(F)c1F. The van der Waals surface area contributed by atoms with E-state index in [1.807, 2.05) is 0 Å². The van der Waals surface area contributed by atoms with E-state index in [-0.39, 0.29) is 0 Å². The molecule has 0 bridgehead atoms. The second kappa shape index (κ2) is 5.64. The standard InChI is InChI=1S/C14H3F9/c1-2-3-6(15)8(17)4(9(18)7(3)16)5-10(19)12(21)14(23)13(22)11(5)20/h2H,1H2. The molecular formula is C14H3F9. The van der Waals surface area contributed by atoms with Crippen molar-refractivity contribution in [1.29, 1.82) is 0 Å². The van der Waals surface area contributed by atoms with Crippen molar-refractivity contribution in [2.75, 3.05) is 0 Å². The molecule has 0 saturated heterocycles. The zero-order valence-corrected chi connectivity index (χ0v) is 10.7. The van der Waals surface area contributed by atoms with Crippen LogP contribution in [0.4, 0.5) is 39.5 Å². The van der Waals surface area contributed by atoms with Gasteiger partial charge in [-0.15, -0.1) is 0 Å². The first kappa shape index (κ1) is 16.9. The molecule has 0 aliphatic carbocycles. The summed E-state index contributed by atoms with van der Waals surface area (Å²) in [7, 11) is 0. The number of benzene rings is 2. The van der Waals surface area contributed by atoms with Gasteiger partial charge in [0.05, 0.1) is 16.7 Å². The first-order chi connectivity index (χ1) is 10.6. The van der Waals surface area contributed by atoms with E-state index in [9.17, 15) is 39.5 Å². The van der Waals surface area contributed by atoms with Crippen LogP contribution in [0, 0.1) is 52.4 Å². The summed E-state index contributed by atoms with van der Waals surface area (Å²) < 4.78 is 121. The van der Waals surface area contributed by atoms with Gasteiger partial charge in [0.25, 0.3) is 0 Å². The summed E-state index contributed by atoms with van der Waals surface area (Å²) in [6.07, 6.45) is 0.374. The van der Waals surface area contributed by atoms with Gasteiger partial charge >= 0.3 is 0 Å². The fourth-order valence-corrected chi connectivity index (χ4v) is 1.87. The van der Waals surface area contributed by atoms with Gasteiger partial charge in [-0.05, 0) is 0 Å². The van der Waals surface area contributed by atoms with Crippen molar-refractivity contribution in [2.45, 2.75) is 0 Å². The second-order valence-corrected chi connectivity index (χ2v) is 4.19. The van der Waals surface area contributed by atoms with Crippen molar-refractivity contribution >= 4 is 6.08 Å². The molecular weight excluding hydrogens is 339 g/mol. The zero-order valence-electron chi connectivity index (χ0n) is 10.7. The largest absolute Gasteiger partial charge is 0.203 e. The van der Waals surface area contributed by atoms with Crippen molar-refractivity contribution < 1.29 is 39.5 Å². The molecule has 9 heteroatoms. The summed E-state index contributed by atoms with van der Waals surface area (Å²) in [5.74, 6) is -21.8. The molecule has 0 N–H and O–H groups in total. The Labute approximate surface area is 122 Å². The molecule has 0 amide bonds. The van der Waals surface area contributed by atoms with Crippen LogP contribution in [-0.2, 0) is 0 Å². The van der Waals surface area contributed by atoms with Crippen LogP contribution in [0.15, 0.2) is 6.58 Å². The van der Waals surface area contributed by atoms with Crippen molar-refractivity contribution in [3.63, 3.8) is 0 Å². The third-order valence-electron chi connectivity index (χ3n) is 2.96. The maximum atomic E-state index is 13.8. The number of rotatable bonds is 2. The van der Waals surface area contributed by atoms with Gasteiger partial charge in [-0.1, -0.05) is 12.7 Å². The van der Waals surface area contributed by atoms with E-state index >= 15 is 0 Å². The van der Waals surface area contributed by atoms with Crippen LogP contribution in [0.3, 0.4) is 0 Å². The zero-order chi connectivity index (χ0) is 17.6. The molecule has 0 heterocycles. The van der Waals surface area contributed by atoms with Crippen LogP contribution in [0.25, 0.3) is 17.2 Å². The van der Waals surface area contributed by atoms with Gasteiger partial charge in [0.2, 0.25) is 5.82 Å². The van der Waals surface area contributed by atoms with E-state index in [1.54, 1.807) is 0 Å². The maximum absolute atomic E-state index is 13.8. The molecule has 0 unspecified atom stereocenters. The number of hydrogen-bond acceptors (Lipinski definition) is 0. The predicted molar refractivity (Wildman–Crippen MR) is 61.6 cm³/mol. The molecule has 122 valence electrons. The number of halogens is 9. The van der Waals surface area contributed by atoms with Gasteiger partial charge in [0, 0.05) is 0 Å². The molecule has 2 aromatic rings. The summed E-state index contributed by atoms with van der Waals surface area (Å²) in [4.78, 5) is 0. The Kier molecular flexibility index (Phi) is 4.14. The van der Waals surface area contributed by atoms with Crippen molar-refractivity contribution in [3.8, 4) is 11.1 Å². The highest BCUT2D eigenvalue weighted by molar-refractivity contribution is 5.69. The molecule has 23 heavy (non-hydrogen) atoms. The van der Waals surface area contributed by atoms with Gasteiger partial charge in [-0.3, -0.25) is 0 Å². The van der Waals surface area contributed by atoms with Gasteiger partial charge in [-0.25, -0.2) is 39.5 Å². The average molecular weight is 342 g/mol. The van der Waals surface area contributed by atoms with Crippen molar-refractivity contribution in [3.05, 3.63) is 64.5 Å². The smallest absolute Gasteiger partial charge is 0.200 e. The van der Waals surface area contributed by atoms with Crippen LogP contribution < -0.4 is 0 Å². The van der Waals surface area contributed by atoms with E-state index in [4.69, 9.17) is 0 Å². The minimum atomic E-state index is -2.61. The third kappa shape index (κ3) is 2.27. The average Bonchev–Trinajstić information content (AvgIpc) is 2.53. The molecule has 0 nitrogen and oxygen atoms in total. The summed E-state index contributed by atoms with van der Waals surface area (Å²) in [5.41, 5.74) is -5.48. The molecule has 0 spiro atoms. The van der Waals surface area contributed by atoms with Crippen molar-refractivity contribution in [1.82, 2.24) is 0 Å². The Hall–Kier alpha value is -2.45. The van der Waals surface area contributed by atoms with E-state index in [0.29, 0.717) is 6.08 Å². The van der Waals surface area contributed by atoms with Crippen LogP contribution in [0.5, 0.6) is 0 Å². The summed E-state index contributed by atoms with van der Waals surface area (Å²) in [6, 6.07) is 0. The predicted octanol–water partition coefficient (Wildman–Crippen LogP) is 5.25. The summed E-state index contributed by atoms with van der Waals surface area (Å²) in [6.45, 7) is 2.88. The fraction of sp³-hybridized carbons (Fsp3) is 0. The van der Waals surface area contributed by atoms with Crippen LogP contribution in [-0.4, -0.2) is 0 Å². The lowest BCUT2D eigenvalue weighted by Gasteiger charge is -2.13. The molecule has 0 aliphatic heterocycles. The Bertz CT molecular complexity index is 781. The maximum Gasteiger partial charge on any atom is 0.200 e. The van der Waals surface area contributed by atoms with E-state index in [0.717, 1.165) is 0 Å². The monoisotopic (exact) mass is 342 g/mol. The lowest BCUT2D eigenvalue weighted by Crippen LogP contribution is -2.09. The van der Waals surface area contributed by atoms with E-state index in [2.05, 4.69) is 6.58 Å². The highest BCUT2D eigenvalue weighted by Crippen LogP contribution is 2.37. The summed E-state index contributed by atoms with van der Waals surface area (Å²) >= 11 is 0. The topological polar surface area (TPSA) is 0 Å². The molecule has 0 saturated carbocycles. The lowest BCUT2D eigenvalue weighted by atomic mass is 9.99. The molecule has 0 fully saturated rings. The minimum absolute atomic E-state index is 0.374. The molecule has 2 rings (SSSR count). The first-order valence-electron chi connectivity index (χ1n) is 5.65. The minimum Gasteiger partial charge on any atom is -0.203 e. The van der Waals surface area contributed by atoms with E-state index < -0.39 is 69.0 Å². The Morgan fingerprint density at radius 1 is 0.435 bits per heavy atom. The van der Waals surface area contributed by atoms with E-state index in [1.165, 1.54) is 0 Å². The quantitative estimate of drug-likeness (QED) is 0.397. The normalized spacial score (nSPS) is 11.0. The van der Waals surface area contributed by atoms with Gasteiger partial charge in [0.1, 0.15) is 0 Å². The Morgan fingerprint density at radius 3 is 1.00 bits per heavy atom. The van der Waals surface area contributed by atoms with Crippen LogP contribution in [0.1, 0.15) is 5.56 Å². The first-order valence-corrected chi connectivity index (χ1v) is 5.65. The lowest BCUT2D eigenvalue weighted by molar-refractivity contribution is 0.379. The molecule has 0 aliphatic rings. The Balaban J connectivity index is 3.04. The highest BCUT2D eigenvalue weighted by Gasteiger charge is 2.33. The van der Waals surface area contributed by atoms with Gasteiger partial charge in [-0.2, -0.15) is 0 Å². The fourth-order valence-electron chi connectivity index (χ4n) is 1.87. The molecule has 0 radical (unpaired) electrons. The third-order valence-corrected chi connectivity index (χ3v) is 2.96. The molecule has 2 aromatic carbocycles. The molecule has 0 aromatic heterocycles. The number of hydrogen-bond donors (Lipinski definition) is 0. The Morgan fingerprint density at radius 2 is 0.696 bits per heavy atom. The van der Waals surface area contributed by atoms with Gasteiger partial charge in [0.15, 0.2) is 46.5 Å². The molecule has 0 atom stereocenters.